The molecule has 2 N–H and O–H groups in total. The molecule has 3 rings (SSSR count). The van der Waals surface area contributed by atoms with Gasteiger partial charge in [-0.2, -0.15) is 5.10 Å². The Morgan fingerprint density at radius 2 is 2.38 bits per heavy atom. The molecule has 6 nitrogen and oxygen atoms in total. The van der Waals surface area contributed by atoms with Crippen LogP contribution in [-0.4, -0.2) is 33.8 Å². The van der Waals surface area contributed by atoms with Crippen LogP contribution >= 0.6 is 11.6 Å². The van der Waals surface area contributed by atoms with E-state index in [9.17, 15) is 4.79 Å². The number of amides is 1. The van der Waals surface area contributed by atoms with Crippen molar-refractivity contribution < 1.29 is 4.79 Å². The summed E-state index contributed by atoms with van der Waals surface area (Å²) in [5, 5.41) is 10.8. The maximum atomic E-state index is 12.5. The van der Waals surface area contributed by atoms with Gasteiger partial charge in [0.05, 0.1) is 16.8 Å². The summed E-state index contributed by atoms with van der Waals surface area (Å²) in [6.45, 7) is 3.50. The second-order valence-corrected chi connectivity index (χ2v) is 5.88. The average Bonchev–Trinajstić information content (AvgIpc) is 3.11. The summed E-state index contributed by atoms with van der Waals surface area (Å²) in [4.78, 5) is 16.5. The zero-order valence-electron chi connectivity index (χ0n) is 11.6. The Morgan fingerprint density at radius 3 is 3.05 bits per heavy atom. The average molecular weight is 306 g/mol. The van der Waals surface area contributed by atoms with Gasteiger partial charge < -0.3 is 10.6 Å². The molecule has 1 aromatic heterocycles. The van der Waals surface area contributed by atoms with Crippen molar-refractivity contribution in [3.63, 3.8) is 0 Å². The first-order chi connectivity index (χ1) is 10.1. The van der Waals surface area contributed by atoms with Crippen molar-refractivity contribution in [3.8, 4) is 5.69 Å². The van der Waals surface area contributed by atoms with Crippen LogP contribution < -0.4 is 10.6 Å². The molecule has 1 atom stereocenters. The maximum Gasteiger partial charge on any atom is 0.231 e. The molecule has 2 aromatic rings. The van der Waals surface area contributed by atoms with Crippen LogP contribution in [0.25, 0.3) is 5.69 Å². The fraction of sp³-hybridized carbons (Fsp3) is 0.357. The number of carbonyl (C=O) groups excluding carboxylic acids is 1. The first-order valence-corrected chi connectivity index (χ1v) is 7.13. The minimum Gasteiger partial charge on any atom is -0.324 e. The number of nitrogens with one attached hydrogen (secondary N) is 2. The number of halogens is 1. The van der Waals surface area contributed by atoms with Gasteiger partial charge in [-0.3, -0.25) is 4.79 Å². The van der Waals surface area contributed by atoms with E-state index in [2.05, 4.69) is 20.7 Å². The van der Waals surface area contributed by atoms with Gasteiger partial charge in [-0.1, -0.05) is 11.6 Å². The standard InChI is InChI=1S/C14H16ClN5O/c1-14(4-5-16-7-14)13(21)19-11-6-10(15)2-3-12(11)20-9-17-8-18-20/h2-3,6,8-9,16H,4-5,7H2,1H3,(H,19,21). The molecule has 0 saturated carbocycles. The highest BCUT2D eigenvalue weighted by Crippen LogP contribution is 2.29. The summed E-state index contributed by atoms with van der Waals surface area (Å²) in [5.74, 6) is -0.0175. The number of anilines is 1. The quantitative estimate of drug-likeness (QED) is 0.908. The Morgan fingerprint density at radius 1 is 1.52 bits per heavy atom. The Hall–Kier alpha value is -1.92. The molecule has 1 fully saturated rings. The fourth-order valence-electron chi connectivity index (χ4n) is 2.42. The summed E-state index contributed by atoms with van der Waals surface area (Å²) >= 11 is 6.05. The Labute approximate surface area is 127 Å². The smallest absolute Gasteiger partial charge is 0.231 e. The van der Waals surface area contributed by atoms with Crippen LogP contribution in [0.3, 0.4) is 0 Å². The normalized spacial score (nSPS) is 21.4. The number of aromatic nitrogens is 3. The van der Waals surface area contributed by atoms with Gasteiger partial charge in [-0.05, 0) is 38.1 Å². The van der Waals surface area contributed by atoms with Crippen LogP contribution in [0.15, 0.2) is 30.9 Å². The maximum absolute atomic E-state index is 12.5. The van der Waals surface area contributed by atoms with E-state index in [0.717, 1.165) is 18.7 Å². The number of nitrogens with zero attached hydrogens (tertiary/aromatic N) is 3. The molecule has 21 heavy (non-hydrogen) atoms. The number of benzene rings is 1. The molecular weight excluding hydrogens is 290 g/mol. The molecule has 1 saturated heterocycles. The van der Waals surface area contributed by atoms with Crippen LogP contribution in [0, 0.1) is 5.41 Å². The van der Waals surface area contributed by atoms with Gasteiger partial charge in [0.1, 0.15) is 12.7 Å². The van der Waals surface area contributed by atoms with Crippen molar-refractivity contribution in [1.82, 2.24) is 20.1 Å². The van der Waals surface area contributed by atoms with Crippen molar-refractivity contribution in [2.75, 3.05) is 18.4 Å². The third-order valence-electron chi connectivity index (χ3n) is 3.79. The highest BCUT2D eigenvalue weighted by molar-refractivity contribution is 6.31. The van der Waals surface area contributed by atoms with E-state index in [1.165, 1.54) is 6.33 Å². The summed E-state index contributed by atoms with van der Waals surface area (Å²) < 4.78 is 1.60. The number of rotatable bonds is 3. The van der Waals surface area contributed by atoms with Gasteiger partial charge in [-0.15, -0.1) is 0 Å². The van der Waals surface area contributed by atoms with Gasteiger partial charge in [-0.25, -0.2) is 9.67 Å². The monoisotopic (exact) mass is 305 g/mol. The summed E-state index contributed by atoms with van der Waals surface area (Å²) in [5.41, 5.74) is 0.966. The Kier molecular flexibility index (Phi) is 3.65. The molecular formula is C14H16ClN5O. The lowest BCUT2D eigenvalue weighted by molar-refractivity contribution is -0.123. The Bertz CT molecular complexity index is 649. The lowest BCUT2D eigenvalue weighted by Crippen LogP contribution is -2.35. The summed E-state index contributed by atoms with van der Waals surface area (Å²) in [6, 6.07) is 5.29. The molecule has 1 aliphatic rings. The van der Waals surface area contributed by atoms with Crippen molar-refractivity contribution >= 4 is 23.2 Å². The lowest BCUT2D eigenvalue weighted by Gasteiger charge is -2.22. The van der Waals surface area contributed by atoms with E-state index < -0.39 is 5.41 Å². The van der Waals surface area contributed by atoms with E-state index in [0.29, 0.717) is 17.3 Å². The predicted molar refractivity (Wildman–Crippen MR) is 80.6 cm³/mol. The van der Waals surface area contributed by atoms with Gasteiger partial charge >= 0.3 is 0 Å². The third kappa shape index (κ3) is 2.77. The first kappa shape index (κ1) is 14.0. The molecule has 0 spiro atoms. The molecule has 1 aromatic carbocycles. The first-order valence-electron chi connectivity index (χ1n) is 6.75. The van der Waals surface area contributed by atoms with Crippen molar-refractivity contribution in [2.24, 2.45) is 5.41 Å². The van der Waals surface area contributed by atoms with Gasteiger partial charge in [0, 0.05) is 11.6 Å². The summed E-state index contributed by atoms with van der Waals surface area (Å²) in [6.07, 6.45) is 3.85. The largest absolute Gasteiger partial charge is 0.324 e. The molecule has 1 aliphatic heterocycles. The SMILES string of the molecule is CC1(C(=O)Nc2cc(Cl)ccc2-n2cncn2)CCNC1. The second-order valence-electron chi connectivity index (χ2n) is 5.44. The predicted octanol–water partition coefficient (Wildman–Crippen LogP) is 1.86. The van der Waals surface area contributed by atoms with Crippen LogP contribution in [-0.2, 0) is 4.79 Å². The third-order valence-corrected chi connectivity index (χ3v) is 4.02. The van der Waals surface area contributed by atoms with Gasteiger partial charge in [0.25, 0.3) is 0 Å². The van der Waals surface area contributed by atoms with Gasteiger partial charge in [0.15, 0.2) is 0 Å². The van der Waals surface area contributed by atoms with Crippen LogP contribution in [0.5, 0.6) is 0 Å². The molecule has 110 valence electrons. The zero-order valence-corrected chi connectivity index (χ0v) is 12.4. The van der Waals surface area contributed by atoms with Crippen molar-refractivity contribution in [1.29, 1.82) is 0 Å². The van der Waals surface area contributed by atoms with E-state index in [1.54, 1.807) is 23.1 Å². The van der Waals surface area contributed by atoms with E-state index >= 15 is 0 Å². The van der Waals surface area contributed by atoms with E-state index in [1.807, 2.05) is 13.0 Å². The molecule has 0 bridgehead atoms. The zero-order chi connectivity index (χ0) is 14.9. The Balaban J connectivity index is 1.91. The lowest BCUT2D eigenvalue weighted by atomic mass is 9.88. The molecule has 2 heterocycles. The van der Waals surface area contributed by atoms with Crippen LogP contribution in [0.2, 0.25) is 5.02 Å². The fourth-order valence-corrected chi connectivity index (χ4v) is 2.60. The minimum atomic E-state index is -0.401. The minimum absolute atomic E-state index is 0.0175. The molecule has 0 radical (unpaired) electrons. The molecule has 1 unspecified atom stereocenters. The topological polar surface area (TPSA) is 71.8 Å². The van der Waals surface area contributed by atoms with E-state index in [-0.39, 0.29) is 5.91 Å². The van der Waals surface area contributed by atoms with Crippen molar-refractivity contribution in [3.05, 3.63) is 35.9 Å². The van der Waals surface area contributed by atoms with Crippen LogP contribution in [0.1, 0.15) is 13.3 Å². The molecule has 1 amide bonds. The number of carbonyl (C=O) groups is 1. The highest BCUT2D eigenvalue weighted by atomic mass is 35.5. The molecule has 0 aliphatic carbocycles. The van der Waals surface area contributed by atoms with Gasteiger partial charge in [0.2, 0.25) is 5.91 Å². The molecule has 7 heteroatoms. The second kappa shape index (κ2) is 5.46. The number of hydrogen-bond acceptors (Lipinski definition) is 4. The van der Waals surface area contributed by atoms with Crippen molar-refractivity contribution in [2.45, 2.75) is 13.3 Å². The number of hydrogen-bond donors (Lipinski definition) is 2. The van der Waals surface area contributed by atoms with Crippen LogP contribution in [0.4, 0.5) is 5.69 Å². The highest BCUT2D eigenvalue weighted by Gasteiger charge is 2.36. The summed E-state index contributed by atoms with van der Waals surface area (Å²) in [7, 11) is 0. The van der Waals surface area contributed by atoms with E-state index in [4.69, 9.17) is 11.6 Å².